The molecule has 25 heavy (non-hydrogen) atoms. The molecule has 3 nitrogen and oxygen atoms in total. The number of carbonyl (C=O) groups is 1. The van der Waals surface area contributed by atoms with Crippen LogP contribution in [0.15, 0.2) is 42.5 Å². The second kappa shape index (κ2) is 6.97. The molecule has 1 amide bonds. The average Bonchev–Trinajstić information content (AvgIpc) is 2.72. The molecule has 0 spiro atoms. The van der Waals surface area contributed by atoms with Gasteiger partial charge in [0, 0.05) is 6.54 Å². The molecular formula is C16H15F6NO2. The van der Waals surface area contributed by atoms with Gasteiger partial charge in [-0.1, -0.05) is 36.4 Å². The zero-order valence-corrected chi connectivity index (χ0v) is 12.9. The quantitative estimate of drug-likeness (QED) is 0.551. The smallest absolute Gasteiger partial charge is 0.411 e. The van der Waals surface area contributed by atoms with Gasteiger partial charge in [0.15, 0.2) is 5.60 Å². The summed E-state index contributed by atoms with van der Waals surface area (Å²) in [5.74, 6) is 0. The normalized spacial score (nSPS) is 21.8. The second-order valence-electron chi connectivity index (χ2n) is 5.79. The van der Waals surface area contributed by atoms with Crippen LogP contribution in [0.1, 0.15) is 18.4 Å². The SMILES string of the molecule is O=C1OC(C=CCC(F)(F)F)(CC(F)(F)F)CN1Cc1ccccc1. The van der Waals surface area contributed by atoms with E-state index in [-0.39, 0.29) is 6.54 Å². The Balaban J connectivity index is 2.17. The summed E-state index contributed by atoms with van der Waals surface area (Å²) in [6, 6.07) is 8.48. The Morgan fingerprint density at radius 2 is 1.72 bits per heavy atom. The van der Waals surface area contributed by atoms with Crippen molar-refractivity contribution in [3.05, 3.63) is 48.0 Å². The van der Waals surface area contributed by atoms with Crippen LogP contribution in [0.2, 0.25) is 0 Å². The van der Waals surface area contributed by atoms with Crippen LogP contribution in [0.3, 0.4) is 0 Å². The largest absolute Gasteiger partial charge is 0.436 e. The lowest BCUT2D eigenvalue weighted by molar-refractivity contribution is -0.161. The summed E-state index contributed by atoms with van der Waals surface area (Å²) in [6.45, 7) is -0.471. The molecule has 1 unspecified atom stereocenters. The summed E-state index contributed by atoms with van der Waals surface area (Å²) >= 11 is 0. The Labute approximate surface area is 139 Å². The molecule has 1 aliphatic heterocycles. The zero-order valence-electron chi connectivity index (χ0n) is 12.9. The number of halogens is 6. The van der Waals surface area contributed by atoms with Gasteiger partial charge < -0.3 is 4.74 Å². The minimum atomic E-state index is -4.70. The van der Waals surface area contributed by atoms with E-state index in [4.69, 9.17) is 4.74 Å². The number of ether oxygens (including phenoxy) is 1. The topological polar surface area (TPSA) is 29.5 Å². The molecular weight excluding hydrogens is 352 g/mol. The van der Waals surface area contributed by atoms with Gasteiger partial charge in [0.1, 0.15) is 0 Å². The molecule has 1 saturated heterocycles. The van der Waals surface area contributed by atoms with Crippen molar-refractivity contribution in [2.24, 2.45) is 0 Å². The number of carbonyl (C=O) groups excluding carboxylic acids is 1. The highest BCUT2D eigenvalue weighted by Gasteiger charge is 2.50. The van der Waals surface area contributed by atoms with Crippen LogP contribution in [0.4, 0.5) is 31.1 Å². The van der Waals surface area contributed by atoms with E-state index in [1.807, 2.05) is 0 Å². The number of nitrogens with zero attached hydrogens (tertiary/aromatic N) is 1. The van der Waals surface area contributed by atoms with Gasteiger partial charge in [-0.15, -0.1) is 0 Å². The predicted octanol–water partition coefficient (Wildman–Crippen LogP) is 4.84. The van der Waals surface area contributed by atoms with Gasteiger partial charge >= 0.3 is 18.4 Å². The second-order valence-corrected chi connectivity index (χ2v) is 5.79. The molecule has 0 bridgehead atoms. The van der Waals surface area contributed by atoms with Crippen molar-refractivity contribution in [1.82, 2.24) is 4.90 Å². The Hall–Kier alpha value is -2.19. The Morgan fingerprint density at radius 1 is 1.08 bits per heavy atom. The van der Waals surface area contributed by atoms with Gasteiger partial charge in [0.25, 0.3) is 0 Å². The van der Waals surface area contributed by atoms with E-state index < -0.39 is 43.4 Å². The van der Waals surface area contributed by atoms with Gasteiger partial charge in [-0.2, -0.15) is 26.3 Å². The summed E-state index contributed by atoms with van der Waals surface area (Å²) in [6.07, 6.45) is -11.9. The van der Waals surface area contributed by atoms with Crippen LogP contribution in [0, 0.1) is 0 Å². The van der Waals surface area contributed by atoms with Gasteiger partial charge in [-0.05, 0) is 11.6 Å². The maximum Gasteiger partial charge on any atom is 0.411 e. The molecule has 0 aliphatic carbocycles. The molecule has 0 aromatic heterocycles. The van der Waals surface area contributed by atoms with Crippen molar-refractivity contribution in [1.29, 1.82) is 0 Å². The molecule has 1 aliphatic rings. The molecule has 1 heterocycles. The maximum atomic E-state index is 12.8. The van der Waals surface area contributed by atoms with Crippen molar-refractivity contribution >= 4 is 6.09 Å². The highest BCUT2D eigenvalue weighted by molar-refractivity contribution is 5.71. The molecule has 1 aromatic rings. The highest BCUT2D eigenvalue weighted by atomic mass is 19.4. The minimum Gasteiger partial charge on any atom is -0.436 e. The van der Waals surface area contributed by atoms with Crippen molar-refractivity contribution in [2.75, 3.05) is 6.54 Å². The number of cyclic esters (lactones) is 1. The van der Waals surface area contributed by atoms with Gasteiger partial charge in [-0.3, -0.25) is 4.90 Å². The summed E-state index contributed by atoms with van der Waals surface area (Å²) in [4.78, 5) is 13.0. The first-order valence-electron chi connectivity index (χ1n) is 7.31. The van der Waals surface area contributed by atoms with Crippen molar-refractivity contribution in [3.63, 3.8) is 0 Å². The number of amides is 1. The lowest BCUT2D eigenvalue weighted by atomic mass is 9.98. The van der Waals surface area contributed by atoms with Crippen LogP contribution < -0.4 is 0 Å². The first-order valence-corrected chi connectivity index (χ1v) is 7.31. The van der Waals surface area contributed by atoms with E-state index in [0.717, 1.165) is 4.90 Å². The fourth-order valence-corrected chi connectivity index (χ4v) is 2.57. The van der Waals surface area contributed by atoms with E-state index in [0.29, 0.717) is 17.7 Å². The van der Waals surface area contributed by atoms with Crippen LogP contribution in [0.25, 0.3) is 0 Å². The summed E-state index contributed by atoms with van der Waals surface area (Å²) in [5.41, 5.74) is -1.49. The van der Waals surface area contributed by atoms with E-state index in [2.05, 4.69) is 0 Å². The number of hydrogen-bond donors (Lipinski definition) is 0. The van der Waals surface area contributed by atoms with Crippen LogP contribution in [0.5, 0.6) is 0 Å². The minimum absolute atomic E-state index is 0.00634. The van der Waals surface area contributed by atoms with Gasteiger partial charge in [-0.25, -0.2) is 4.79 Å². The lowest BCUT2D eigenvalue weighted by Gasteiger charge is -2.24. The van der Waals surface area contributed by atoms with Crippen molar-refractivity contribution in [2.45, 2.75) is 37.3 Å². The molecule has 138 valence electrons. The maximum absolute atomic E-state index is 12.8. The standard InChI is InChI=1S/C16H15F6NO2/c17-15(18,19)8-4-7-14(10-16(20,21)22)11-23(13(24)25-14)9-12-5-2-1-3-6-12/h1-7H,8-11H2. The van der Waals surface area contributed by atoms with Crippen molar-refractivity contribution < 1.29 is 35.9 Å². The lowest BCUT2D eigenvalue weighted by Crippen LogP contribution is -2.37. The molecule has 1 atom stereocenters. The third-order valence-electron chi connectivity index (χ3n) is 3.49. The fourth-order valence-electron chi connectivity index (χ4n) is 2.57. The first kappa shape index (κ1) is 19.1. The van der Waals surface area contributed by atoms with Gasteiger partial charge in [0.2, 0.25) is 0 Å². The van der Waals surface area contributed by atoms with Crippen LogP contribution in [-0.2, 0) is 11.3 Å². The Bertz CT molecular complexity index is 626. The number of allylic oxidation sites excluding steroid dienone is 1. The van der Waals surface area contributed by atoms with Crippen LogP contribution in [-0.4, -0.2) is 35.5 Å². The third kappa shape index (κ3) is 5.99. The number of rotatable bonds is 5. The monoisotopic (exact) mass is 367 g/mol. The summed E-state index contributed by atoms with van der Waals surface area (Å²) in [7, 11) is 0. The third-order valence-corrected chi connectivity index (χ3v) is 3.49. The number of hydrogen-bond acceptors (Lipinski definition) is 2. The molecule has 2 rings (SSSR count). The highest BCUT2D eigenvalue weighted by Crippen LogP contribution is 2.37. The zero-order chi connectivity index (χ0) is 18.7. The molecule has 0 radical (unpaired) electrons. The van der Waals surface area contributed by atoms with E-state index >= 15 is 0 Å². The molecule has 0 N–H and O–H groups in total. The molecule has 1 fully saturated rings. The fraction of sp³-hybridized carbons (Fsp3) is 0.438. The Kier molecular flexibility index (Phi) is 5.34. The van der Waals surface area contributed by atoms with Crippen LogP contribution >= 0.6 is 0 Å². The summed E-state index contributed by atoms with van der Waals surface area (Å²) < 4.78 is 80.0. The molecule has 1 aromatic carbocycles. The number of benzene rings is 1. The van der Waals surface area contributed by atoms with Crippen molar-refractivity contribution in [3.8, 4) is 0 Å². The predicted molar refractivity (Wildman–Crippen MR) is 76.5 cm³/mol. The Morgan fingerprint density at radius 3 is 2.28 bits per heavy atom. The van der Waals surface area contributed by atoms with E-state index in [1.54, 1.807) is 30.3 Å². The average molecular weight is 367 g/mol. The number of alkyl halides is 6. The van der Waals surface area contributed by atoms with E-state index in [1.165, 1.54) is 0 Å². The van der Waals surface area contributed by atoms with E-state index in [9.17, 15) is 31.1 Å². The summed E-state index contributed by atoms with van der Waals surface area (Å²) in [5, 5.41) is 0. The molecule has 9 heteroatoms. The first-order chi connectivity index (χ1) is 11.5. The van der Waals surface area contributed by atoms with Gasteiger partial charge in [0.05, 0.1) is 19.4 Å². The molecule has 0 saturated carbocycles.